The number of carbonyl (C=O) groups is 3. The van der Waals surface area contributed by atoms with E-state index in [0.717, 1.165) is 8.66 Å². The quantitative estimate of drug-likeness (QED) is 0.195. The minimum atomic E-state index is -1.84. The molecule has 3 fully saturated rings. The average Bonchev–Trinajstić information content (AvgIpc) is 3.83. The van der Waals surface area contributed by atoms with Crippen LogP contribution in [0.5, 0.6) is 0 Å². The Morgan fingerprint density at radius 1 is 1.15 bits per heavy atom. The highest BCUT2D eigenvalue weighted by Gasteiger charge is 2.51. The number of oxime groups is 1. The first kappa shape index (κ1) is 47.1. The van der Waals surface area contributed by atoms with Crippen LogP contribution in [0.4, 0.5) is 0 Å². The van der Waals surface area contributed by atoms with Gasteiger partial charge in [0.25, 0.3) is 0 Å². The molecular formula is C41H59BrN4O12S. The van der Waals surface area contributed by atoms with Gasteiger partial charge in [0.15, 0.2) is 24.4 Å². The van der Waals surface area contributed by atoms with Crippen molar-refractivity contribution in [2.24, 2.45) is 27.9 Å². The van der Waals surface area contributed by atoms with Crippen molar-refractivity contribution in [3.8, 4) is 10.6 Å². The number of esters is 1. The summed E-state index contributed by atoms with van der Waals surface area (Å²) in [5.74, 6) is -4.20. The summed E-state index contributed by atoms with van der Waals surface area (Å²) in [7, 11) is 3.72. The molecule has 328 valence electrons. The number of cyclic esters (lactones) is 1. The van der Waals surface area contributed by atoms with E-state index in [1.54, 1.807) is 26.8 Å². The van der Waals surface area contributed by atoms with Crippen molar-refractivity contribution in [1.29, 1.82) is 0 Å². The number of hydrogen-bond donors (Lipinski definition) is 2. The van der Waals surface area contributed by atoms with E-state index in [9.17, 15) is 24.6 Å². The predicted octanol–water partition coefficient (Wildman–Crippen LogP) is 5.36. The van der Waals surface area contributed by atoms with Crippen LogP contribution in [0.25, 0.3) is 10.6 Å². The molecule has 2 bridgehead atoms. The number of rotatable bonds is 8. The van der Waals surface area contributed by atoms with E-state index in [2.05, 4.69) is 31.2 Å². The van der Waals surface area contributed by atoms with Crippen LogP contribution in [0, 0.1) is 17.8 Å². The topological polar surface area (TPSA) is 201 Å². The second-order valence-corrected chi connectivity index (χ2v) is 19.1. The lowest BCUT2D eigenvalue weighted by Crippen LogP contribution is -2.59. The number of hydrogen-bond acceptors (Lipinski definition) is 16. The molecule has 16 nitrogen and oxygen atoms in total. The number of aliphatic hydroxyl groups is 2. The lowest BCUT2D eigenvalue weighted by molar-refractivity contribution is -0.296. The summed E-state index contributed by atoms with van der Waals surface area (Å²) in [6, 6.07) is 5.27. The Labute approximate surface area is 358 Å². The first-order chi connectivity index (χ1) is 27.7. The highest BCUT2D eigenvalue weighted by molar-refractivity contribution is 9.11. The molecule has 0 radical (unpaired) electrons. The second-order valence-electron chi connectivity index (χ2n) is 16.6. The zero-order valence-electron chi connectivity index (χ0n) is 35.5. The fourth-order valence-electron chi connectivity index (χ4n) is 8.16. The van der Waals surface area contributed by atoms with Gasteiger partial charge in [0.05, 0.1) is 45.8 Å². The number of fused-ring (bicyclic) bond motifs is 5. The number of halogens is 1. The molecule has 5 rings (SSSR count). The lowest BCUT2D eigenvalue weighted by atomic mass is 9.76. The fraction of sp³-hybridized carbons (Fsp3) is 0.707. The SMILES string of the molecule is CC[C@H]1OC(=O)[C@H](C)C(=O)[C@H](C)[C@@H](O[C@@H]2O[C@H](C)C[C@H](N(C)C)[C@H]2O)[C@@]2(C)C[C@@H](C)C(=NC(C)=O)C[C@@H](OC/C(=N/OCc3cc(-c4ccc(Br)s4)no3)CO2)[C@]1(C)O. The van der Waals surface area contributed by atoms with Gasteiger partial charge in [-0.05, 0) is 95.0 Å². The van der Waals surface area contributed by atoms with Crippen molar-refractivity contribution in [2.45, 2.75) is 142 Å². The molecule has 0 spiro atoms. The Morgan fingerprint density at radius 3 is 2.53 bits per heavy atom. The van der Waals surface area contributed by atoms with Gasteiger partial charge in [0.2, 0.25) is 5.91 Å². The molecule has 3 aliphatic heterocycles. The number of aliphatic hydroxyl groups excluding tert-OH is 1. The third kappa shape index (κ3) is 11.3. The van der Waals surface area contributed by atoms with E-state index in [0.29, 0.717) is 23.6 Å². The molecule has 3 saturated heterocycles. The summed E-state index contributed by atoms with van der Waals surface area (Å²) in [6.45, 7) is 12.7. The molecule has 0 aliphatic carbocycles. The van der Waals surface area contributed by atoms with Crippen molar-refractivity contribution in [1.82, 2.24) is 10.1 Å². The minimum absolute atomic E-state index is 0.0340. The Bertz CT molecular complexity index is 1850. The van der Waals surface area contributed by atoms with Gasteiger partial charge in [0.1, 0.15) is 35.1 Å². The number of Topliss-reactive ketones (excluding diaryl/α,β-unsaturated/α-hetero) is 1. The largest absolute Gasteiger partial charge is 0.459 e. The molecule has 0 aromatic carbocycles. The van der Waals surface area contributed by atoms with Crippen LogP contribution in [-0.4, -0.2) is 131 Å². The number of likely N-dealkylation sites (N-methyl/N-ethyl adjacent to an activating group) is 1. The summed E-state index contributed by atoms with van der Waals surface area (Å²) < 4.78 is 38.7. The Hall–Kier alpha value is -2.94. The summed E-state index contributed by atoms with van der Waals surface area (Å²) in [4.78, 5) is 53.9. The van der Waals surface area contributed by atoms with E-state index in [1.165, 1.54) is 32.1 Å². The number of aromatic nitrogens is 1. The molecule has 3 aliphatic rings. The maximum Gasteiger partial charge on any atom is 0.316 e. The van der Waals surface area contributed by atoms with Gasteiger partial charge in [-0.25, -0.2) is 4.99 Å². The Morgan fingerprint density at radius 2 is 1.88 bits per heavy atom. The van der Waals surface area contributed by atoms with Gasteiger partial charge < -0.3 is 48.2 Å². The monoisotopic (exact) mass is 910 g/mol. The van der Waals surface area contributed by atoms with Crippen LogP contribution in [0.3, 0.4) is 0 Å². The van der Waals surface area contributed by atoms with Gasteiger partial charge >= 0.3 is 5.97 Å². The van der Waals surface area contributed by atoms with Crippen molar-refractivity contribution in [3.05, 3.63) is 27.7 Å². The maximum atomic E-state index is 14.5. The number of amides is 1. The molecule has 2 N–H and O–H groups in total. The summed E-state index contributed by atoms with van der Waals surface area (Å²) in [6.07, 6.45) is -5.15. The van der Waals surface area contributed by atoms with Crippen LogP contribution < -0.4 is 0 Å². The second kappa shape index (κ2) is 19.8. The average molecular weight is 912 g/mol. The maximum absolute atomic E-state index is 14.5. The standard InChI is InChI=1S/C41H59BrN4O12S/c1-11-32-41(8,51)33-16-28(43-25(6)47)21(2)17-40(7,53-19-26(18-52-33)44-54-20-27-15-29(45-58-27)31-12-13-34(42)59-31)37(23(4)35(48)24(5)38(50)56-32)57-39-36(49)30(46(9)10)14-22(3)55-39/h12-13,15,21-24,30,32-33,36-37,39,49,51H,11,14,16-20H2,1-10H3/b43-28?,44-26-/t21-,22-,23+,24-,30+,32-,33-,36-,37-,39+,40-,41-/m1/s1. The first-order valence-electron chi connectivity index (χ1n) is 20.1. The van der Waals surface area contributed by atoms with Crippen LogP contribution in [0.15, 0.2) is 36.7 Å². The van der Waals surface area contributed by atoms with Crippen molar-refractivity contribution < 1.29 is 57.6 Å². The van der Waals surface area contributed by atoms with Gasteiger partial charge in [-0.2, -0.15) is 0 Å². The highest BCUT2D eigenvalue weighted by Crippen LogP contribution is 2.39. The van der Waals surface area contributed by atoms with E-state index in [-0.39, 0.29) is 56.9 Å². The molecule has 0 unspecified atom stereocenters. The summed E-state index contributed by atoms with van der Waals surface area (Å²) >= 11 is 4.97. The smallest absolute Gasteiger partial charge is 0.316 e. The number of nitrogens with zero attached hydrogens (tertiary/aromatic N) is 4. The van der Waals surface area contributed by atoms with E-state index in [4.69, 9.17) is 33.0 Å². The summed E-state index contributed by atoms with van der Waals surface area (Å²) in [5, 5.41) is 32.4. The number of thiophene rings is 1. The van der Waals surface area contributed by atoms with Crippen LogP contribution >= 0.6 is 27.3 Å². The van der Waals surface area contributed by atoms with E-state index < -0.39 is 77.3 Å². The third-order valence-electron chi connectivity index (χ3n) is 11.6. The number of ether oxygens (including phenoxy) is 5. The van der Waals surface area contributed by atoms with Crippen LogP contribution in [0.2, 0.25) is 0 Å². The normalized spacial score (nSPS) is 36.8. The molecule has 12 atom stereocenters. The van der Waals surface area contributed by atoms with Gasteiger partial charge in [-0.1, -0.05) is 31.1 Å². The molecule has 1 amide bonds. The van der Waals surface area contributed by atoms with Gasteiger partial charge in [-0.15, -0.1) is 11.3 Å². The molecule has 2 aromatic heterocycles. The lowest BCUT2D eigenvalue weighted by Gasteiger charge is -2.47. The molecule has 18 heteroatoms. The number of ketones is 1. The minimum Gasteiger partial charge on any atom is -0.459 e. The van der Waals surface area contributed by atoms with Crippen LogP contribution in [0.1, 0.15) is 86.8 Å². The molecule has 0 saturated carbocycles. The Balaban J connectivity index is 1.61. The van der Waals surface area contributed by atoms with Crippen molar-refractivity contribution in [3.63, 3.8) is 0 Å². The number of aliphatic imine (C=N–C) groups is 1. The Kier molecular flexibility index (Phi) is 15.8. The molecule has 5 heterocycles. The fourth-order valence-corrected chi connectivity index (χ4v) is 9.50. The number of carbonyl (C=O) groups excluding carboxylic acids is 3. The summed E-state index contributed by atoms with van der Waals surface area (Å²) in [5.41, 5.74) is -1.94. The van der Waals surface area contributed by atoms with Gasteiger partial charge in [-0.3, -0.25) is 14.4 Å². The van der Waals surface area contributed by atoms with Crippen molar-refractivity contribution >= 4 is 56.3 Å². The van der Waals surface area contributed by atoms with E-state index in [1.807, 2.05) is 45.0 Å². The third-order valence-corrected chi connectivity index (χ3v) is 13.2. The first-order valence-corrected chi connectivity index (χ1v) is 21.7. The van der Waals surface area contributed by atoms with Crippen molar-refractivity contribution in [2.75, 3.05) is 27.3 Å². The predicted molar refractivity (Wildman–Crippen MR) is 222 cm³/mol. The molecule has 59 heavy (non-hydrogen) atoms. The van der Waals surface area contributed by atoms with Crippen LogP contribution in [-0.2, 0) is 49.5 Å². The molecule has 2 aromatic rings. The molecular weight excluding hydrogens is 852 g/mol. The zero-order valence-corrected chi connectivity index (χ0v) is 37.9. The zero-order chi connectivity index (χ0) is 43.4. The highest BCUT2D eigenvalue weighted by atomic mass is 79.9. The van der Waals surface area contributed by atoms with E-state index >= 15 is 0 Å². The van der Waals surface area contributed by atoms with Gasteiger partial charge in [0, 0.05) is 37.1 Å².